The number of hydrogen-bond donors (Lipinski definition) is 0. The van der Waals surface area contributed by atoms with Crippen molar-refractivity contribution in [1.82, 2.24) is 4.31 Å². The highest BCUT2D eigenvalue weighted by Crippen LogP contribution is 2.38. The SMILES string of the molecule is CC1CCCCN1S(=O)(=O)c1ccc(Cl)cc1C(F)(F)F. The molecule has 2 rings (SSSR count). The lowest BCUT2D eigenvalue weighted by Gasteiger charge is -2.33. The van der Waals surface area contributed by atoms with E-state index in [1.54, 1.807) is 6.92 Å². The van der Waals surface area contributed by atoms with Gasteiger partial charge in [0.05, 0.1) is 10.5 Å². The van der Waals surface area contributed by atoms with Crippen LogP contribution in [-0.2, 0) is 16.2 Å². The van der Waals surface area contributed by atoms with E-state index < -0.39 is 26.7 Å². The first kappa shape index (κ1) is 16.6. The van der Waals surface area contributed by atoms with Crippen LogP contribution in [0.25, 0.3) is 0 Å². The fraction of sp³-hybridized carbons (Fsp3) is 0.538. The number of sulfonamides is 1. The van der Waals surface area contributed by atoms with Crippen LogP contribution in [0.4, 0.5) is 13.2 Å². The minimum atomic E-state index is -4.77. The van der Waals surface area contributed by atoms with Crippen molar-refractivity contribution < 1.29 is 21.6 Å². The van der Waals surface area contributed by atoms with Crippen LogP contribution in [0.15, 0.2) is 23.1 Å². The van der Waals surface area contributed by atoms with Crippen LogP contribution in [0.2, 0.25) is 5.02 Å². The average Bonchev–Trinajstić information content (AvgIpc) is 2.37. The van der Waals surface area contributed by atoms with E-state index in [1.165, 1.54) is 0 Å². The van der Waals surface area contributed by atoms with Crippen molar-refractivity contribution in [3.05, 3.63) is 28.8 Å². The van der Waals surface area contributed by atoms with Crippen LogP contribution in [0.5, 0.6) is 0 Å². The summed E-state index contributed by atoms with van der Waals surface area (Å²) in [6, 6.07) is 2.45. The third-order valence-electron chi connectivity index (χ3n) is 3.58. The quantitative estimate of drug-likeness (QED) is 0.817. The van der Waals surface area contributed by atoms with Crippen molar-refractivity contribution in [3.8, 4) is 0 Å². The fourth-order valence-corrected chi connectivity index (χ4v) is 4.57. The highest BCUT2D eigenvalue weighted by molar-refractivity contribution is 7.89. The molecule has 0 spiro atoms. The zero-order valence-corrected chi connectivity index (χ0v) is 12.9. The molecule has 1 saturated heterocycles. The maximum absolute atomic E-state index is 13.1. The molecular formula is C13H15ClF3NO2S. The second-order valence-electron chi connectivity index (χ2n) is 5.10. The highest BCUT2D eigenvalue weighted by Gasteiger charge is 2.40. The second kappa shape index (κ2) is 5.78. The molecule has 0 amide bonds. The Kier molecular flexibility index (Phi) is 4.56. The van der Waals surface area contributed by atoms with Crippen LogP contribution in [0.3, 0.4) is 0 Å². The predicted molar refractivity (Wildman–Crippen MR) is 73.7 cm³/mol. The number of alkyl halides is 3. The van der Waals surface area contributed by atoms with E-state index in [1.807, 2.05) is 0 Å². The number of halogens is 4. The summed E-state index contributed by atoms with van der Waals surface area (Å²) >= 11 is 5.58. The summed E-state index contributed by atoms with van der Waals surface area (Å²) in [7, 11) is -4.19. The normalized spacial score (nSPS) is 21.5. The van der Waals surface area contributed by atoms with E-state index >= 15 is 0 Å². The number of rotatable bonds is 2. The molecule has 0 N–H and O–H groups in total. The topological polar surface area (TPSA) is 37.4 Å². The van der Waals surface area contributed by atoms with E-state index in [0.717, 1.165) is 22.9 Å². The van der Waals surface area contributed by atoms with Gasteiger partial charge in [-0.2, -0.15) is 17.5 Å². The zero-order chi connectivity index (χ0) is 15.8. The van der Waals surface area contributed by atoms with Gasteiger partial charge >= 0.3 is 6.18 Å². The Balaban J connectivity index is 2.54. The van der Waals surface area contributed by atoms with Gasteiger partial charge in [-0.25, -0.2) is 8.42 Å². The van der Waals surface area contributed by atoms with Crippen LogP contribution >= 0.6 is 11.6 Å². The summed E-state index contributed by atoms with van der Waals surface area (Å²) < 4.78 is 65.5. The summed E-state index contributed by atoms with van der Waals surface area (Å²) in [4.78, 5) is -0.729. The monoisotopic (exact) mass is 341 g/mol. The molecule has 1 atom stereocenters. The molecule has 0 aromatic heterocycles. The Bertz CT molecular complexity index is 631. The molecule has 1 unspecified atom stereocenters. The standard InChI is InChI=1S/C13H15ClF3NO2S/c1-9-4-2-3-7-18(9)21(19,20)12-6-5-10(14)8-11(12)13(15,16)17/h5-6,8-9H,2-4,7H2,1H3. The van der Waals surface area contributed by atoms with E-state index in [-0.39, 0.29) is 17.6 Å². The molecule has 1 heterocycles. The van der Waals surface area contributed by atoms with Gasteiger partial charge in [-0.05, 0) is 38.0 Å². The molecule has 1 aromatic carbocycles. The Hall–Kier alpha value is -0.790. The van der Waals surface area contributed by atoms with E-state index in [9.17, 15) is 21.6 Å². The van der Waals surface area contributed by atoms with Gasteiger partial charge < -0.3 is 0 Å². The van der Waals surface area contributed by atoms with E-state index in [2.05, 4.69) is 0 Å². The molecule has 1 fully saturated rings. The van der Waals surface area contributed by atoms with Crippen LogP contribution in [-0.4, -0.2) is 25.3 Å². The number of nitrogens with zero attached hydrogens (tertiary/aromatic N) is 1. The first-order valence-electron chi connectivity index (χ1n) is 6.52. The number of piperidine rings is 1. The van der Waals surface area contributed by atoms with Gasteiger partial charge in [-0.1, -0.05) is 18.0 Å². The Morgan fingerprint density at radius 1 is 1.29 bits per heavy atom. The van der Waals surface area contributed by atoms with Crippen molar-refractivity contribution in [2.45, 2.75) is 43.3 Å². The summed E-state index contributed by atoms with van der Waals surface area (Å²) in [5.74, 6) is 0. The molecule has 0 aliphatic carbocycles. The van der Waals surface area contributed by atoms with Crippen LogP contribution in [0.1, 0.15) is 31.7 Å². The smallest absolute Gasteiger partial charge is 0.207 e. The summed E-state index contributed by atoms with van der Waals surface area (Å²) in [6.07, 6.45) is -2.60. The zero-order valence-electron chi connectivity index (χ0n) is 11.3. The first-order chi connectivity index (χ1) is 9.64. The third kappa shape index (κ3) is 3.35. The number of benzene rings is 1. The fourth-order valence-electron chi connectivity index (χ4n) is 2.50. The van der Waals surface area contributed by atoms with Crippen molar-refractivity contribution in [3.63, 3.8) is 0 Å². The molecule has 0 saturated carbocycles. The Morgan fingerprint density at radius 2 is 1.95 bits per heavy atom. The van der Waals surface area contributed by atoms with Crippen molar-refractivity contribution >= 4 is 21.6 Å². The summed E-state index contributed by atoms with van der Waals surface area (Å²) in [6.45, 7) is 1.95. The van der Waals surface area contributed by atoms with E-state index in [4.69, 9.17) is 11.6 Å². The molecule has 21 heavy (non-hydrogen) atoms. The molecule has 1 aliphatic rings. The van der Waals surface area contributed by atoms with Crippen molar-refractivity contribution in [2.75, 3.05) is 6.54 Å². The molecule has 8 heteroatoms. The summed E-state index contributed by atoms with van der Waals surface area (Å²) in [5, 5.41) is -0.145. The molecule has 1 aliphatic heterocycles. The van der Waals surface area contributed by atoms with Crippen LogP contribution in [0, 0.1) is 0 Å². The minimum Gasteiger partial charge on any atom is -0.207 e. The lowest BCUT2D eigenvalue weighted by molar-refractivity contribution is -0.139. The first-order valence-corrected chi connectivity index (χ1v) is 8.34. The van der Waals surface area contributed by atoms with Gasteiger partial charge in [0, 0.05) is 17.6 Å². The molecule has 0 bridgehead atoms. The lowest BCUT2D eigenvalue weighted by atomic mass is 10.1. The Morgan fingerprint density at radius 3 is 2.52 bits per heavy atom. The largest absolute Gasteiger partial charge is 0.417 e. The molecule has 0 radical (unpaired) electrons. The molecular weight excluding hydrogens is 327 g/mol. The van der Waals surface area contributed by atoms with Crippen molar-refractivity contribution in [1.29, 1.82) is 0 Å². The highest BCUT2D eigenvalue weighted by atomic mass is 35.5. The van der Waals surface area contributed by atoms with Gasteiger partial charge in [-0.3, -0.25) is 0 Å². The average molecular weight is 342 g/mol. The lowest BCUT2D eigenvalue weighted by Crippen LogP contribution is -2.42. The summed E-state index contributed by atoms with van der Waals surface area (Å²) in [5.41, 5.74) is -1.22. The van der Waals surface area contributed by atoms with Crippen LogP contribution < -0.4 is 0 Å². The molecule has 1 aromatic rings. The molecule has 118 valence electrons. The van der Waals surface area contributed by atoms with Gasteiger partial charge in [0.1, 0.15) is 0 Å². The third-order valence-corrected chi connectivity index (χ3v) is 5.88. The van der Waals surface area contributed by atoms with Gasteiger partial charge in [0.25, 0.3) is 0 Å². The van der Waals surface area contributed by atoms with Crippen molar-refractivity contribution in [2.24, 2.45) is 0 Å². The number of hydrogen-bond acceptors (Lipinski definition) is 2. The van der Waals surface area contributed by atoms with Gasteiger partial charge in [0.2, 0.25) is 10.0 Å². The molecule has 3 nitrogen and oxygen atoms in total. The maximum Gasteiger partial charge on any atom is 0.417 e. The van der Waals surface area contributed by atoms with Gasteiger partial charge in [0.15, 0.2) is 0 Å². The predicted octanol–water partition coefficient (Wildman–Crippen LogP) is 3.92. The minimum absolute atomic E-state index is 0.145. The van der Waals surface area contributed by atoms with Gasteiger partial charge in [-0.15, -0.1) is 0 Å². The maximum atomic E-state index is 13.1. The Labute approximate surface area is 126 Å². The van der Waals surface area contributed by atoms with E-state index in [0.29, 0.717) is 18.9 Å². The second-order valence-corrected chi connectivity index (χ2v) is 7.39.